The third-order valence-corrected chi connectivity index (χ3v) is 4.89. The smallest absolute Gasteiger partial charge is 0.418 e. The molecule has 1 saturated heterocycles. The molecule has 3 rings (SSSR count). The van der Waals surface area contributed by atoms with Crippen molar-refractivity contribution in [1.82, 2.24) is 10.2 Å². The van der Waals surface area contributed by atoms with Crippen molar-refractivity contribution < 1.29 is 19.1 Å². The second-order valence-corrected chi connectivity index (χ2v) is 6.71. The number of rotatable bonds is 4. The molecule has 0 spiro atoms. The fraction of sp³-hybridized carbons (Fsp3) is 0.263. The summed E-state index contributed by atoms with van der Waals surface area (Å²) in [4.78, 5) is 25.1. The van der Waals surface area contributed by atoms with Gasteiger partial charge in [0.15, 0.2) is 0 Å². The molecule has 0 saturated carbocycles. The molecular formula is C19H19BrN2O4. The van der Waals surface area contributed by atoms with Crippen LogP contribution < -0.4 is 10.1 Å². The lowest BCUT2D eigenvalue weighted by atomic mass is 9.99. The number of benzene rings is 2. The number of carbonyl (C=O) groups is 2. The SMILES string of the molecule is COc1ccc(CNC(=O)OC(=O)N2CCC2)c(-c2ccccc2Br)c1. The van der Waals surface area contributed by atoms with Crippen molar-refractivity contribution in [2.45, 2.75) is 13.0 Å². The van der Waals surface area contributed by atoms with Crippen LogP contribution in [-0.2, 0) is 11.3 Å². The van der Waals surface area contributed by atoms with Crippen LogP contribution in [0.2, 0.25) is 0 Å². The molecule has 26 heavy (non-hydrogen) atoms. The zero-order valence-electron chi connectivity index (χ0n) is 14.3. The molecule has 1 N–H and O–H groups in total. The number of likely N-dealkylation sites (tertiary alicyclic amines) is 1. The minimum absolute atomic E-state index is 0.229. The molecule has 1 fully saturated rings. The first kappa shape index (κ1) is 18.3. The van der Waals surface area contributed by atoms with Gasteiger partial charge in [-0.15, -0.1) is 0 Å². The van der Waals surface area contributed by atoms with Gasteiger partial charge in [-0.05, 0) is 41.3 Å². The Hall–Kier alpha value is -2.54. The molecule has 0 unspecified atom stereocenters. The maximum absolute atomic E-state index is 11.9. The van der Waals surface area contributed by atoms with Crippen LogP contribution in [-0.4, -0.2) is 37.3 Å². The summed E-state index contributed by atoms with van der Waals surface area (Å²) in [7, 11) is 1.61. The van der Waals surface area contributed by atoms with Crippen LogP contribution in [0, 0.1) is 0 Å². The van der Waals surface area contributed by atoms with Gasteiger partial charge in [0.2, 0.25) is 0 Å². The lowest BCUT2D eigenvalue weighted by Gasteiger charge is -2.29. The Labute approximate surface area is 160 Å². The van der Waals surface area contributed by atoms with E-state index in [-0.39, 0.29) is 6.54 Å². The van der Waals surface area contributed by atoms with Crippen LogP contribution in [0.15, 0.2) is 46.9 Å². The normalized spacial score (nSPS) is 12.9. The summed E-state index contributed by atoms with van der Waals surface area (Å²) in [5.74, 6) is 0.718. The second-order valence-electron chi connectivity index (χ2n) is 5.85. The monoisotopic (exact) mass is 418 g/mol. The van der Waals surface area contributed by atoms with Crippen LogP contribution in [0.25, 0.3) is 11.1 Å². The van der Waals surface area contributed by atoms with Gasteiger partial charge < -0.3 is 19.7 Å². The van der Waals surface area contributed by atoms with E-state index in [4.69, 9.17) is 9.47 Å². The molecule has 0 aliphatic carbocycles. The van der Waals surface area contributed by atoms with Crippen LogP contribution in [0.5, 0.6) is 5.75 Å². The topological polar surface area (TPSA) is 67.9 Å². The second kappa shape index (κ2) is 8.23. The van der Waals surface area contributed by atoms with Crippen molar-refractivity contribution in [2.24, 2.45) is 0 Å². The highest BCUT2D eigenvalue weighted by Crippen LogP contribution is 2.33. The number of alkyl carbamates (subject to hydrolysis) is 1. The predicted octanol–water partition coefficient (Wildman–Crippen LogP) is 4.18. The number of hydrogen-bond donors (Lipinski definition) is 1. The molecule has 2 aromatic carbocycles. The average Bonchev–Trinajstić information content (AvgIpc) is 2.58. The van der Waals surface area contributed by atoms with Crippen LogP contribution in [0.3, 0.4) is 0 Å². The minimum atomic E-state index is -0.754. The van der Waals surface area contributed by atoms with Gasteiger partial charge in [0.25, 0.3) is 0 Å². The van der Waals surface area contributed by atoms with E-state index in [1.165, 1.54) is 4.90 Å². The third kappa shape index (κ3) is 4.16. The largest absolute Gasteiger partial charge is 0.497 e. The highest BCUT2D eigenvalue weighted by molar-refractivity contribution is 9.10. The number of nitrogens with one attached hydrogen (secondary N) is 1. The van der Waals surface area contributed by atoms with Crippen molar-refractivity contribution in [3.05, 3.63) is 52.5 Å². The van der Waals surface area contributed by atoms with E-state index in [1.54, 1.807) is 7.11 Å². The number of halogens is 1. The number of methoxy groups -OCH3 is 1. The summed E-state index contributed by atoms with van der Waals surface area (Å²) in [6.07, 6.45) is -0.414. The highest BCUT2D eigenvalue weighted by Gasteiger charge is 2.24. The van der Waals surface area contributed by atoms with Gasteiger partial charge in [-0.2, -0.15) is 0 Å². The van der Waals surface area contributed by atoms with Crippen LogP contribution in [0.1, 0.15) is 12.0 Å². The predicted molar refractivity (Wildman–Crippen MR) is 101 cm³/mol. The van der Waals surface area contributed by atoms with Crippen molar-refractivity contribution in [3.63, 3.8) is 0 Å². The van der Waals surface area contributed by atoms with Gasteiger partial charge in [0.1, 0.15) is 5.75 Å². The summed E-state index contributed by atoms with van der Waals surface area (Å²) in [6, 6.07) is 13.4. The van der Waals surface area contributed by atoms with E-state index in [9.17, 15) is 9.59 Å². The van der Waals surface area contributed by atoms with Crippen LogP contribution >= 0.6 is 15.9 Å². The summed E-state index contributed by atoms with van der Waals surface area (Å²) in [6.45, 7) is 1.50. The Balaban J connectivity index is 1.74. The molecule has 1 aliphatic rings. The van der Waals surface area contributed by atoms with E-state index in [0.29, 0.717) is 13.1 Å². The Kier molecular flexibility index (Phi) is 5.78. The molecule has 0 aromatic heterocycles. The molecule has 2 amide bonds. The average molecular weight is 419 g/mol. The first-order valence-corrected chi connectivity index (χ1v) is 9.04. The van der Waals surface area contributed by atoms with Crippen molar-refractivity contribution in [1.29, 1.82) is 0 Å². The fourth-order valence-electron chi connectivity index (χ4n) is 2.61. The first-order valence-electron chi connectivity index (χ1n) is 8.25. The number of nitrogens with zero attached hydrogens (tertiary/aromatic N) is 1. The number of ether oxygens (including phenoxy) is 2. The molecule has 1 heterocycles. The molecule has 1 aliphatic heterocycles. The summed E-state index contributed by atoms with van der Waals surface area (Å²) in [5, 5.41) is 2.64. The number of amides is 2. The Morgan fingerprint density at radius 2 is 1.92 bits per heavy atom. The highest BCUT2D eigenvalue weighted by atomic mass is 79.9. The van der Waals surface area contributed by atoms with Crippen molar-refractivity contribution in [3.8, 4) is 16.9 Å². The quantitative estimate of drug-likeness (QED) is 0.756. The molecule has 6 nitrogen and oxygen atoms in total. The van der Waals surface area contributed by atoms with E-state index in [0.717, 1.165) is 33.3 Å². The third-order valence-electron chi connectivity index (χ3n) is 4.20. The maximum atomic E-state index is 11.9. The fourth-order valence-corrected chi connectivity index (χ4v) is 3.11. The molecule has 0 bridgehead atoms. The molecule has 2 aromatic rings. The maximum Gasteiger partial charge on any atom is 0.418 e. The zero-order chi connectivity index (χ0) is 18.5. The van der Waals surface area contributed by atoms with Gasteiger partial charge >= 0.3 is 12.2 Å². The first-order chi connectivity index (χ1) is 12.6. The summed E-state index contributed by atoms with van der Waals surface area (Å²) in [5.41, 5.74) is 2.78. The lowest BCUT2D eigenvalue weighted by molar-refractivity contribution is 0.0975. The van der Waals surface area contributed by atoms with Gasteiger partial charge in [0.05, 0.1) is 7.11 Å². The molecule has 7 heteroatoms. The Bertz CT molecular complexity index is 821. The number of hydrogen-bond acceptors (Lipinski definition) is 4. The van der Waals surface area contributed by atoms with Crippen molar-refractivity contribution >= 4 is 28.1 Å². The zero-order valence-corrected chi connectivity index (χ0v) is 15.9. The molecular weight excluding hydrogens is 400 g/mol. The van der Waals surface area contributed by atoms with Gasteiger partial charge in [-0.3, -0.25) is 0 Å². The number of carbonyl (C=O) groups excluding carboxylic acids is 2. The Morgan fingerprint density at radius 1 is 1.15 bits per heavy atom. The standard InChI is InChI=1S/C19H19BrN2O4/c1-25-14-8-7-13(16(11-14)15-5-2-3-6-17(15)20)12-21-18(23)26-19(24)22-9-4-10-22/h2-3,5-8,11H,4,9-10,12H2,1H3,(H,21,23). The van der Waals surface area contributed by atoms with Gasteiger partial charge in [-0.25, -0.2) is 9.59 Å². The Morgan fingerprint density at radius 3 is 2.58 bits per heavy atom. The van der Waals surface area contributed by atoms with Crippen molar-refractivity contribution in [2.75, 3.05) is 20.2 Å². The lowest BCUT2D eigenvalue weighted by Crippen LogP contribution is -2.44. The summed E-state index contributed by atoms with van der Waals surface area (Å²) >= 11 is 3.55. The van der Waals surface area contributed by atoms with Crippen LogP contribution in [0.4, 0.5) is 9.59 Å². The van der Waals surface area contributed by atoms with E-state index in [2.05, 4.69) is 21.2 Å². The molecule has 136 valence electrons. The minimum Gasteiger partial charge on any atom is -0.497 e. The molecule has 0 atom stereocenters. The van der Waals surface area contributed by atoms with E-state index in [1.807, 2.05) is 42.5 Å². The molecule has 0 radical (unpaired) electrons. The van der Waals surface area contributed by atoms with Gasteiger partial charge in [0, 0.05) is 24.1 Å². The van der Waals surface area contributed by atoms with E-state index < -0.39 is 12.2 Å². The summed E-state index contributed by atoms with van der Waals surface area (Å²) < 4.78 is 11.0. The van der Waals surface area contributed by atoms with E-state index >= 15 is 0 Å². The van der Waals surface area contributed by atoms with Gasteiger partial charge in [-0.1, -0.05) is 40.2 Å².